The zero-order valence-corrected chi connectivity index (χ0v) is 20.3. The van der Waals surface area contributed by atoms with Gasteiger partial charge >= 0.3 is 0 Å². The Kier molecular flexibility index (Phi) is 14.9. The number of rotatable bonds is 10. The quantitative estimate of drug-likeness (QED) is 0.211. The molecule has 2 aromatic rings. The van der Waals surface area contributed by atoms with Gasteiger partial charge in [-0.2, -0.15) is 8.42 Å². The second-order valence-electron chi connectivity index (χ2n) is 6.00. The van der Waals surface area contributed by atoms with Crippen LogP contribution in [0.5, 0.6) is 11.5 Å². The van der Waals surface area contributed by atoms with E-state index in [2.05, 4.69) is 14.9 Å². The third-order valence-corrected chi connectivity index (χ3v) is 3.64. The van der Waals surface area contributed by atoms with Crippen LogP contribution in [0.2, 0.25) is 0 Å². The Labute approximate surface area is 197 Å². The van der Waals surface area contributed by atoms with Gasteiger partial charge in [0.15, 0.2) is 0 Å². The van der Waals surface area contributed by atoms with E-state index in [9.17, 15) is 26.4 Å². The first-order valence-corrected chi connectivity index (χ1v) is 13.6. The molecule has 184 valence electrons. The van der Waals surface area contributed by atoms with Gasteiger partial charge in [-0.25, -0.2) is 8.42 Å². The second-order valence-corrected chi connectivity index (χ2v) is 10.7. The average Bonchev–Trinajstić information content (AvgIpc) is 2.75. The lowest BCUT2D eigenvalue weighted by Gasteiger charge is -2.05. The Balaban J connectivity index is 0.000000530. The molecule has 1 N–H and O–H groups in total. The molecule has 2 aromatic carbocycles. The summed E-state index contributed by atoms with van der Waals surface area (Å²) >= 11 is 0. The van der Waals surface area contributed by atoms with Gasteiger partial charge in [0.25, 0.3) is 10.1 Å². The third-order valence-electron chi connectivity index (χ3n) is 3.04. The summed E-state index contributed by atoms with van der Waals surface area (Å²) in [4.78, 5) is 20.6. The van der Waals surface area contributed by atoms with Crippen molar-refractivity contribution < 1.29 is 45.2 Å². The van der Waals surface area contributed by atoms with Crippen molar-refractivity contribution in [2.75, 3.05) is 38.9 Å². The summed E-state index contributed by atoms with van der Waals surface area (Å²) < 4.78 is 54.8. The van der Waals surface area contributed by atoms with Crippen LogP contribution in [-0.4, -0.2) is 73.5 Å². The molecule has 0 atom stereocenters. The molecule has 0 radical (unpaired) electrons. The van der Waals surface area contributed by atoms with Gasteiger partial charge in [0.2, 0.25) is 9.05 Å². The highest BCUT2D eigenvalue weighted by Crippen LogP contribution is 2.11. The predicted molar refractivity (Wildman–Crippen MR) is 123 cm³/mol. The molecule has 0 spiro atoms. The molecule has 2 rings (SSSR count). The SMILES string of the molecule is CS(=O)(=O)Cl.CS(=O)(=O)OCCOc1ccc(C=O)cc1.O=Cc1ccc(OCCO)cc1. The fraction of sp³-hybridized carbons (Fsp3) is 0.300. The highest BCUT2D eigenvalue weighted by molar-refractivity contribution is 8.13. The number of benzene rings is 2. The van der Waals surface area contributed by atoms with Gasteiger partial charge in [-0.3, -0.25) is 13.8 Å². The number of hydrogen-bond acceptors (Lipinski definition) is 10. The van der Waals surface area contributed by atoms with Crippen molar-refractivity contribution in [1.82, 2.24) is 0 Å². The highest BCUT2D eigenvalue weighted by atomic mass is 35.7. The minimum absolute atomic E-state index is 0.00453. The van der Waals surface area contributed by atoms with E-state index in [0.29, 0.717) is 22.6 Å². The lowest BCUT2D eigenvalue weighted by molar-refractivity contribution is 0.111. The first-order valence-electron chi connectivity index (χ1n) is 9.09. The molecule has 0 heterocycles. The van der Waals surface area contributed by atoms with Crippen molar-refractivity contribution in [3.63, 3.8) is 0 Å². The molecule has 13 heteroatoms. The maximum absolute atomic E-state index is 10.6. The molecule has 0 unspecified atom stereocenters. The van der Waals surface area contributed by atoms with E-state index in [1.807, 2.05) is 0 Å². The van der Waals surface area contributed by atoms with Crippen LogP contribution in [-0.2, 0) is 23.4 Å². The lowest BCUT2D eigenvalue weighted by Crippen LogP contribution is -2.11. The summed E-state index contributed by atoms with van der Waals surface area (Å²) in [5.41, 5.74) is 1.17. The van der Waals surface area contributed by atoms with Gasteiger partial charge in [0, 0.05) is 21.8 Å². The number of halogens is 1. The molecular formula is C20H25ClO10S2. The van der Waals surface area contributed by atoms with E-state index < -0.39 is 19.2 Å². The van der Waals surface area contributed by atoms with Crippen LogP contribution in [0.3, 0.4) is 0 Å². The molecule has 0 bridgehead atoms. The number of carbonyl (C=O) groups is 2. The second kappa shape index (κ2) is 16.2. The number of hydrogen-bond donors (Lipinski definition) is 1. The van der Waals surface area contributed by atoms with Gasteiger partial charge < -0.3 is 14.6 Å². The lowest BCUT2D eigenvalue weighted by atomic mass is 10.2. The number of aliphatic hydroxyl groups is 1. The molecule has 33 heavy (non-hydrogen) atoms. The third kappa shape index (κ3) is 19.9. The summed E-state index contributed by atoms with van der Waals surface area (Å²) in [6.45, 7) is 0.373. The van der Waals surface area contributed by atoms with E-state index in [4.69, 9.17) is 14.6 Å². The maximum Gasteiger partial charge on any atom is 0.264 e. The Hall–Kier alpha value is -2.51. The van der Waals surface area contributed by atoms with Crippen LogP contribution in [0.25, 0.3) is 0 Å². The van der Waals surface area contributed by atoms with Crippen molar-refractivity contribution >= 4 is 42.4 Å². The normalized spacial score (nSPS) is 10.5. The van der Waals surface area contributed by atoms with Crippen LogP contribution >= 0.6 is 10.7 Å². The number of aldehydes is 2. The van der Waals surface area contributed by atoms with Crippen molar-refractivity contribution in [3.8, 4) is 11.5 Å². The van der Waals surface area contributed by atoms with E-state index in [-0.39, 0.29) is 26.4 Å². The molecule has 0 aliphatic carbocycles. The van der Waals surface area contributed by atoms with Gasteiger partial charge in [0.1, 0.15) is 43.9 Å². The molecule has 0 fully saturated rings. The summed E-state index contributed by atoms with van der Waals surface area (Å²) in [5, 5.41) is 8.45. The zero-order valence-electron chi connectivity index (χ0n) is 17.9. The monoisotopic (exact) mass is 524 g/mol. The molecule has 0 aromatic heterocycles. The van der Waals surface area contributed by atoms with Crippen molar-refractivity contribution in [1.29, 1.82) is 0 Å². The average molecular weight is 525 g/mol. The molecular weight excluding hydrogens is 500 g/mol. The summed E-state index contributed by atoms with van der Waals surface area (Å²) in [6.07, 6.45) is 3.41. The Morgan fingerprint density at radius 2 is 1.12 bits per heavy atom. The summed E-state index contributed by atoms with van der Waals surface area (Å²) in [7, 11) is -2.11. The molecule has 0 amide bonds. The highest BCUT2D eigenvalue weighted by Gasteiger charge is 2.01. The fourth-order valence-corrected chi connectivity index (χ4v) is 2.16. The minimum Gasteiger partial charge on any atom is -0.491 e. The van der Waals surface area contributed by atoms with Crippen LogP contribution in [0.1, 0.15) is 20.7 Å². The zero-order chi connectivity index (χ0) is 25.3. The number of carbonyl (C=O) groups excluding carboxylic acids is 2. The summed E-state index contributed by atoms with van der Waals surface area (Å²) in [5.74, 6) is 1.22. The van der Waals surface area contributed by atoms with E-state index in [1.54, 1.807) is 48.5 Å². The van der Waals surface area contributed by atoms with Crippen LogP contribution in [0.15, 0.2) is 48.5 Å². The Morgan fingerprint density at radius 3 is 1.42 bits per heavy atom. The van der Waals surface area contributed by atoms with Crippen molar-refractivity contribution in [2.45, 2.75) is 0 Å². The van der Waals surface area contributed by atoms with Crippen LogP contribution < -0.4 is 9.47 Å². The van der Waals surface area contributed by atoms with Crippen LogP contribution in [0, 0.1) is 0 Å². The van der Waals surface area contributed by atoms with Gasteiger partial charge in [-0.15, -0.1) is 0 Å². The largest absolute Gasteiger partial charge is 0.491 e. The number of aliphatic hydroxyl groups excluding tert-OH is 1. The van der Waals surface area contributed by atoms with E-state index >= 15 is 0 Å². The molecule has 0 saturated carbocycles. The first kappa shape index (κ1) is 30.5. The molecule has 10 nitrogen and oxygen atoms in total. The first-order chi connectivity index (χ1) is 15.4. The topological polar surface area (TPSA) is 150 Å². The van der Waals surface area contributed by atoms with E-state index in [1.165, 1.54) is 0 Å². The number of ether oxygens (including phenoxy) is 2. The molecule has 0 saturated heterocycles. The molecule has 0 aliphatic heterocycles. The standard InChI is InChI=1S/C10H12O5S.C9H10O3.CH3ClO2S/c1-16(12,13)15-7-6-14-10-4-2-9(8-11)3-5-10;10-5-6-12-9-3-1-8(7-11)2-4-9;1-5(2,3)4/h2-5,8H,6-7H2,1H3;1-4,7,10H,5-6H2;1H3. The summed E-state index contributed by atoms with van der Waals surface area (Å²) in [6, 6.07) is 13.2. The fourth-order valence-electron chi connectivity index (χ4n) is 1.79. The smallest absolute Gasteiger partial charge is 0.264 e. The Morgan fingerprint density at radius 1 is 0.758 bits per heavy atom. The molecule has 0 aliphatic rings. The predicted octanol–water partition coefficient (Wildman–Crippen LogP) is 1.91. The van der Waals surface area contributed by atoms with Gasteiger partial charge in [-0.1, -0.05) is 0 Å². The van der Waals surface area contributed by atoms with Gasteiger partial charge in [-0.05, 0) is 48.5 Å². The minimum atomic E-state index is -3.42. The van der Waals surface area contributed by atoms with E-state index in [0.717, 1.165) is 25.1 Å². The maximum atomic E-state index is 10.6. The van der Waals surface area contributed by atoms with Gasteiger partial charge in [0.05, 0.1) is 19.1 Å². The van der Waals surface area contributed by atoms with Crippen LogP contribution in [0.4, 0.5) is 0 Å². The Bertz CT molecular complexity index is 1030. The van der Waals surface area contributed by atoms with Crippen molar-refractivity contribution in [2.24, 2.45) is 0 Å². The van der Waals surface area contributed by atoms with Crippen molar-refractivity contribution in [3.05, 3.63) is 59.7 Å².